The fourth-order valence-electron chi connectivity index (χ4n) is 11.3. The maximum Gasteiger partial charge on any atom is 0.302 e. The molecule has 568 valence electrons. The van der Waals surface area contributed by atoms with E-state index in [2.05, 4.69) is 0 Å². The van der Waals surface area contributed by atoms with Gasteiger partial charge in [0.1, 0.15) is 217 Å². The third-order valence-corrected chi connectivity index (χ3v) is 16.4. The zero-order valence-corrected chi connectivity index (χ0v) is 53.8. The molecule has 1 unspecified atom stereocenters. The highest BCUT2D eigenvalue weighted by molar-refractivity contribution is 5.67. The number of hydrogen-bond acceptors (Lipinski definition) is 43. The van der Waals surface area contributed by atoms with Crippen LogP contribution in [-0.4, -0.2) is 385 Å². The molecule has 0 aromatic rings. The van der Waals surface area contributed by atoms with E-state index in [1.807, 2.05) is 0 Å². The Bertz CT molecular complexity index is 2660. The molecule has 35 atom stereocenters. The minimum absolute atomic E-state index is 0.662. The number of esters is 7. The third kappa shape index (κ3) is 20.5. The molecule has 7 saturated heterocycles. The molecule has 43 nitrogen and oxygen atoms in total. The molecule has 7 aliphatic heterocycles. The summed E-state index contributed by atoms with van der Waals surface area (Å²) >= 11 is 0. The van der Waals surface area contributed by atoms with Gasteiger partial charge in [-0.3, -0.25) is 33.6 Å². The van der Waals surface area contributed by atoms with Crippen LogP contribution in [0, 0.1) is 0 Å². The van der Waals surface area contributed by atoms with Crippen LogP contribution in [0.2, 0.25) is 0 Å². The van der Waals surface area contributed by atoms with Crippen LogP contribution in [0.4, 0.5) is 0 Å². The van der Waals surface area contributed by atoms with Crippen molar-refractivity contribution in [1.82, 2.24) is 0 Å². The van der Waals surface area contributed by atoms with E-state index in [9.17, 15) is 115 Å². The maximum atomic E-state index is 12.3. The van der Waals surface area contributed by atoms with Crippen molar-refractivity contribution in [1.29, 1.82) is 0 Å². The summed E-state index contributed by atoms with van der Waals surface area (Å²) in [4.78, 5) is 84.0. The lowest BCUT2D eigenvalue weighted by molar-refractivity contribution is -0.398. The van der Waals surface area contributed by atoms with Crippen LogP contribution >= 0.6 is 0 Å². The Morgan fingerprint density at radius 2 is 0.374 bits per heavy atom. The predicted molar refractivity (Wildman–Crippen MR) is 299 cm³/mol. The van der Waals surface area contributed by atoms with Crippen molar-refractivity contribution < 1.29 is 210 Å². The lowest BCUT2D eigenvalue weighted by Crippen LogP contribution is -2.68. The molecular formula is C56H86O43. The molecule has 7 aliphatic rings. The van der Waals surface area contributed by atoms with Crippen LogP contribution in [0.1, 0.15) is 48.5 Å². The second kappa shape index (κ2) is 36.0. The lowest BCUT2D eigenvalue weighted by atomic mass is 9.95. The van der Waals surface area contributed by atoms with E-state index in [0.29, 0.717) is 0 Å². The van der Waals surface area contributed by atoms with Gasteiger partial charge >= 0.3 is 41.8 Å². The smallest absolute Gasteiger partial charge is 0.302 e. The monoisotopic (exact) mass is 1450 g/mol. The molecule has 0 saturated carbocycles. The first kappa shape index (κ1) is 81.4. The average molecular weight is 1450 g/mol. The van der Waals surface area contributed by atoms with E-state index < -0.39 is 303 Å². The van der Waals surface area contributed by atoms with Gasteiger partial charge in [0, 0.05) is 48.5 Å². The van der Waals surface area contributed by atoms with Gasteiger partial charge in [0.15, 0.2) is 44.0 Å². The van der Waals surface area contributed by atoms with Crippen molar-refractivity contribution in [3.8, 4) is 0 Å². The summed E-state index contributed by atoms with van der Waals surface area (Å²) in [6.45, 7) is 1.13. The SMILES string of the molecule is CC(=O)OC[C@@H]1O[C@H](O[C@H]2[C@@H](O)[C@H](O)[C@@H](O[C@@H]3[C@H](COC(C)=O)O[C@H](O[C@H]4[C@@H](O)[C@H](O)[C@@H](O[C@H]5[C@@H](O)[C@H](O)[C@@H](O[C@H]6[C@@H](O)[C@H](O)[C@@H](O[C@H]7[C@@H](O)[C@H](O)[C@@H](O)O[C@@H]7COC(C)=O)O[C@@H]6COC(C)=O)O[C@@H]5COC(C)=O)O[C@@H]4COC(C)=O)C(O)[C@H]3O)O[C@H]2COC(C)=O)[C@@H](O)[C@@H](O)[C@@H]1O. The highest BCUT2D eigenvalue weighted by Gasteiger charge is 2.59. The van der Waals surface area contributed by atoms with Gasteiger partial charge in [0.25, 0.3) is 0 Å². The molecule has 0 spiro atoms. The summed E-state index contributed by atoms with van der Waals surface area (Å²) < 4.78 is 111. The molecule has 0 aromatic carbocycles. The van der Waals surface area contributed by atoms with Crippen LogP contribution in [0.25, 0.3) is 0 Å². The lowest BCUT2D eigenvalue weighted by Gasteiger charge is -2.50. The molecule has 0 amide bonds. The predicted octanol–water partition coefficient (Wildman–Crippen LogP) is -12.3. The van der Waals surface area contributed by atoms with Crippen LogP contribution in [-0.2, 0) is 128 Å². The van der Waals surface area contributed by atoms with Crippen molar-refractivity contribution in [2.75, 3.05) is 46.2 Å². The van der Waals surface area contributed by atoms with Crippen molar-refractivity contribution in [3.63, 3.8) is 0 Å². The van der Waals surface area contributed by atoms with Gasteiger partial charge in [-0.05, 0) is 0 Å². The van der Waals surface area contributed by atoms with Crippen LogP contribution in [0.5, 0.6) is 0 Å². The molecule has 0 bridgehead atoms. The first-order valence-corrected chi connectivity index (χ1v) is 30.8. The molecule has 43 heteroatoms. The van der Waals surface area contributed by atoms with Gasteiger partial charge in [0.2, 0.25) is 0 Å². The van der Waals surface area contributed by atoms with Gasteiger partial charge in [-0.2, -0.15) is 0 Å². The van der Waals surface area contributed by atoms with Crippen LogP contribution in [0.3, 0.4) is 0 Å². The van der Waals surface area contributed by atoms with Crippen molar-refractivity contribution >= 4 is 41.8 Å². The van der Waals surface area contributed by atoms with E-state index >= 15 is 0 Å². The Hall–Kier alpha value is -4.87. The minimum atomic E-state index is -2.37. The maximum absolute atomic E-state index is 12.3. The second-order valence-corrected chi connectivity index (χ2v) is 23.9. The van der Waals surface area contributed by atoms with E-state index in [0.717, 1.165) is 48.5 Å². The normalized spacial score (nSPS) is 44.1. The van der Waals surface area contributed by atoms with E-state index in [1.54, 1.807) is 0 Å². The number of aliphatic hydroxyl groups excluding tert-OH is 16. The summed E-state index contributed by atoms with van der Waals surface area (Å²) in [6.07, 6.45) is -71.5. The quantitative estimate of drug-likeness (QED) is 0.0282. The van der Waals surface area contributed by atoms with Gasteiger partial charge < -0.3 is 176 Å². The molecule has 7 fully saturated rings. The minimum Gasteiger partial charge on any atom is -0.463 e. The number of carbonyl (C=O) groups excluding carboxylic acids is 7. The van der Waals surface area contributed by atoms with E-state index in [-0.39, 0.29) is 0 Å². The summed E-state index contributed by atoms with van der Waals surface area (Å²) in [5.41, 5.74) is 0. The number of rotatable bonds is 26. The highest BCUT2D eigenvalue weighted by atomic mass is 16.8. The van der Waals surface area contributed by atoms with Crippen LogP contribution < -0.4 is 0 Å². The summed E-state index contributed by atoms with van der Waals surface area (Å²) in [5, 5.41) is 180. The molecule has 7 rings (SSSR count). The fourth-order valence-corrected chi connectivity index (χ4v) is 11.3. The molecule has 0 aliphatic carbocycles. The first-order chi connectivity index (χ1) is 46.5. The standard InChI is InChI=1S/C56H86O43/c1-15(57)80-8-22-29(64)30(65)38(73)51(88-22)95-45-24(10-82-17(3)59)90-53(40(75)32(45)67)97-47-26(12-84-19(5)61)92-55(42(77)34(47)69)99-49-28(14-86-21(7)63)93-56(43(78)36(49)71)98-48-27(13-85-20(6)62)91-54(41(76)35(48)70)96-46-25(11-83-18(4)60)89-52(39(74)33(46)68)94-44-23(9-81-16(2)58)87-50(79)37(72)31(44)66/h22-56,64-79H,8-14H2,1-7H3/t22-,23+,24-,25+,26-,27+,28+,29+,30-,31-,32-,33-,34+,35-,36-,37-,38-,39-,40-,41-,42?,43-,44+,45+,46+,47+,48+,49+,50-,51+,52+,53+,54+,55+,56+/m0/s1. The Labute approximate surface area is 560 Å². The molecular weight excluding hydrogens is 1360 g/mol. The van der Waals surface area contributed by atoms with E-state index in [1.165, 1.54) is 0 Å². The molecule has 0 aromatic heterocycles. The van der Waals surface area contributed by atoms with Crippen molar-refractivity contribution in [2.24, 2.45) is 0 Å². The van der Waals surface area contributed by atoms with Gasteiger partial charge in [-0.25, -0.2) is 0 Å². The molecule has 99 heavy (non-hydrogen) atoms. The Morgan fingerprint density at radius 3 is 0.576 bits per heavy atom. The first-order valence-electron chi connectivity index (χ1n) is 30.8. The number of carbonyl (C=O) groups is 7. The zero-order valence-electron chi connectivity index (χ0n) is 53.8. The average Bonchev–Trinajstić information content (AvgIpc) is 0.778. The Kier molecular flexibility index (Phi) is 29.6. The van der Waals surface area contributed by atoms with E-state index in [4.69, 9.17) is 94.7 Å². The molecule has 16 N–H and O–H groups in total. The fraction of sp³-hybridized carbons (Fsp3) is 0.875. The van der Waals surface area contributed by atoms with Crippen molar-refractivity contribution in [3.05, 3.63) is 0 Å². The van der Waals surface area contributed by atoms with Crippen molar-refractivity contribution in [2.45, 2.75) is 263 Å². The van der Waals surface area contributed by atoms with Gasteiger partial charge in [0.05, 0.1) is 0 Å². The Balaban J connectivity index is 1.07. The number of hydrogen-bond donors (Lipinski definition) is 16. The third-order valence-electron chi connectivity index (χ3n) is 16.4. The van der Waals surface area contributed by atoms with Gasteiger partial charge in [-0.15, -0.1) is 0 Å². The van der Waals surface area contributed by atoms with Gasteiger partial charge in [-0.1, -0.05) is 0 Å². The summed E-state index contributed by atoms with van der Waals surface area (Å²) in [7, 11) is 0. The van der Waals surface area contributed by atoms with Crippen LogP contribution in [0.15, 0.2) is 0 Å². The molecule has 7 heterocycles. The Morgan fingerprint density at radius 1 is 0.212 bits per heavy atom. The topological polar surface area (TPSA) is 628 Å². The highest BCUT2D eigenvalue weighted by Crippen LogP contribution is 2.39. The summed E-state index contributed by atoms with van der Waals surface area (Å²) in [6, 6.07) is 0. The number of ether oxygens (including phenoxy) is 20. The number of aliphatic hydroxyl groups is 16. The molecule has 0 radical (unpaired) electrons. The zero-order chi connectivity index (χ0) is 73.3. The summed E-state index contributed by atoms with van der Waals surface area (Å²) in [5.74, 6) is -6.44. The second-order valence-electron chi connectivity index (χ2n) is 23.9. The largest absolute Gasteiger partial charge is 0.463 e.